The van der Waals surface area contributed by atoms with Gasteiger partial charge in [0.1, 0.15) is 12.4 Å². The van der Waals surface area contributed by atoms with Gasteiger partial charge in [-0.15, -0.1) is 0 Å². The van der Waals surface area contributed by atoms with Crippen LogP contribution in [0.4, 0.5) is 5.69 Å². The van der Waals surface area contributed by atoms with Crippen LogP contribution in [-0.2, 0) is 26.6 Å². The van der Waals surface area contributed by atoms with Crippen LogP contribution in [0.5, 0.6) is 5.75 Å². The SMILES string of the molecule is C=CCOc1ccccc1CN1C(=O)C2(OCCCO2)c2cc(C)cc(C)c21. The average Bonchev–Trinajstić information content (AvgIpc) is 2.91. The van der Waals surface area contributed by atoms with Crippen molar-refractivity contribution in [2.45, 2.75) is 32.6 Å². The molecule has 2 aromatic rings. The molecule has 4 rings (SSSR count). The zero-order valence-corrected chi connectivity index (χ0v) is 16.4. The fourth-order valence-electron chi connectivity index (χ4n) is 4.02. The first-order valence-corrected chi connectivity index (χ1v) is 9.60. The molecule has 1 saturated heterocycles. The molecule has 0 radical (unpaired) electrons. The van der Waals surface area contributed by atoms with Crippen LogP contribution in [0.15, 0.2) is 49.1 Å². The molecular weight excluding hydrogens is 354 g/mol. The van der Waals surface area contributed by atoms with Gasteiger partial charge in [0, 0.05) is 11.1 Å². The molecule has 1 fully saturated rings. The number of anilines is 1. The first-order chi connectivity index (χ1) is 13.6. The topological polar surface area (TPSA) is 48.0 Å². The Labute approximate surface area is 165 Å². The van der Waals surface area contributed by atoms with E-state index >= 15 is 0 Å². The zero-order chi connectivity index (χ0) is 19.7. The molecule has 2 aliphatic rings. The number of hydrogen-bond donors (Lipinski definition) is 0. The smallest absolute Gasteiger partial charge is 0.292 e. The van der Waals surface area contributed by atoms with E-state index in [1.807, 2.05) is 44.2 Å². The molecule has 2 aromatic carbocycles. The van der Waals surface area contributed by atoms with Crippen molar-refractivity contribution in [2.75, 3.05) is 24.7 Å². The summed E-state index contributed by atoms with van der Waals surface area (Å²) in [5.74, 6) is -0.760. The maximum atomic E-state index is 13.6. The van der Waals surface area contributed by atoms with Gasteiger partial charge in [0.2, 0.25) is 0 Å². The maximum Gasteiger partial charge on any atom is 0.292 e. The normalized spacial score (nSPS) is 17.6. The predicted molar refractivity (Wildman–Crippen MR) is 107 cm³/mol. The lowest BCUT2D eigenvalue weighted by Gasteiger charge is -2.32. The third-order valence-corrected chi connectivity index (χ3v) is 5.15. The quantitative estimate of drug-likeness (QED) is 0.737. The number of rotatable bonds is 5. The Morgan fingerprint density at radius 1 is 1.21 bits per heavy atom. The van der Waals surface area contributed by atoms with Crippen LogP contribution in [-0.4, -0.2) is 25.7 Å². The van der Waals surface area contributed by atoms with Crippen molar-refractivity contribution in [1.82, 2.24) is 0 Å². The highest BCUT2D eigenvalue weighted by Gasteiger charge is 2.55. The fraction of sp³-hybridized carbons (Fsp3) is 0.348. The van der Waals surface area contributed by atoms with Crippen molar-refractivity contribution < 1.29 is 19.0 Å². The minimum atomic E-state index is -1.33. The van der Waals surface area contributed by atoms with E-state index < -0.39 is 5.79 Å². The number of hydrogen-bond acceptors (Lipinski definition) is 4. The van der Waals surface area contributed by atoms with Gasteiger partial charge < -0.3 is 19.1 Å². The molecule has 1 amide bonds. The first-order valence-electron chi connectivity index (χ1n) is 9.60. The number of aryl methyl sites for hydroxylation is 2. The second kappa shape index (κ2) is 7.41. The third kappa shape index (κ3) is 3.01. The average molecular weight is 379 g/mol. The molecule has 2 aliphatic heterocycles. The number of nitrogens with zero attached hydrogens (tertiary/aromatic N) is 1. The van der Waals surface area contributed by atoms with Crippen LogP contribution in [0, 0.1) is 13.8 Å². The first kappa shape index (κ1) is 18.7. The molecule has 0 saturated carbocycles. The minimum Gasteiger partial charge on any atom is -0.489 e. The summed E-state index contributed by atoms with van der Waals surface area (Å²) in [6.07, 6.45) is 2.49. The number of para-hydroxylation sites is 1. The Hall–Kier alpha value is -2.63. The molecular formula is C23H25NO4. The molecule has 0 aromatic heterocycles. The Balaban J connectivity index is 1.77. The summed E-state index contributed by atoms with van der Waals surface area (Å²) in [7, 11) is 0. The van der Waals surface area contributed by atoms with Crippen molar-refractivity contribution in [2.24, 2.45) is 0 Å². The van der Waals surface area contributed by atoms with Crippen LogP contribution >= 0.6 is 0 Å². The van der Waals surface area contributed by atoms with E-state index in [1.54, 1.807) is 11.0 Å². The van der Waals surface area contributed by atoms with Gasteiger partial charge in [-0.2, -0.15) is 0 Å². The van der Waals surface area contributed by atoms with Gasteiger partial charge in [-0.3, -0.25) is 4.79 Å². The van der Waals surface area contributed by atoms with Gasteiger partial charge in [-0.1, -0.05) is 42.5 Å². The number of carbonyl (C=O) groups is 1. The van der Waals surface area contributed by atoms with Crippen LogP contribution < -0.4 is 9.64 Å². The Kier molecular flexibility index (Phi) is 4.96. The monoisotopic (exact) mass is 379 g/mol. The third-order valence-electron chi connectivity index (χ3n) is 5.15. The van der Waals surface area contributed by atoms with Gasteiger partial charge in [0.25, 0.3) is 11.7 Å². The molecule has 0 N–H and O–H groups in total. The van der Waals surface area contributed by atoms with Crippen molar-refractivity contribution in [3.05, 3.63) is 71.3 Å². The van der Waals surface area contributed by atoms with E-state index in [9.17, 15) is 4.79 Å². The van der Waals surface area contributed by atoms with Crippen molar-refractivity contribution in [1.29, 1.82) is 0 Å². The van der Waals surface area contributed by atoms with Crippen LogP contribution in [0.1, 0.15) is 28.7 Å². The highest BCUT2D eigenvalue weighted by Crippen LogP contribution is 2.48. The highest BCUT2D eigenvalue weighted by molar-refractivity contribution is 6.07. The molecule has 0 atom stereocenters. The summed E-state index contributed by atoms with van der Waals surface area (Å²) in [6, 6.07) is 11.8. The summed E-state index contributed by atoms with van der Waals surface area (Å²) in [6.45, 7) is 9.56. The fourth-order valence-corrected chi connectivity index (χ4v) is 4.02. The molecule has 0 bridgehead atoms. The maximum absolute atomic E-state index is 13.6. The molecule has 146 valence electrons. The zero-order valence-electron chi connectivity index (χ0n) is 16.4. The lowest BCUT2D eigenvalue weighted by atomic mass is 10.00. The van der Waals surface area contributed by atoms with Gasteiger partial charge >= 0.3 is 0 Å². The molecule has 5 nitrogen and oxygen atoms in total. The number of amides is 1. The van der Waals surface area contributed by atoms with Crippen molar-refractivity contribution in [3.63, 3.8) is 0 Å². The second-order valence-electron chi connectivity index (χ2n) is 7.24. The molecule has 0 unspecified atom stereocenters. The standard InChI is InChI=1S/C23H25NO4/c1-4-10-26-20-9-6-5-8-18(20)15-24-21-17(3)13-16(2)14-19(21)23(22(24)25)27-11-7-12-28-23/h4-6,8-9,13-14H,1,7,10-12,15H2,2-3H3. The van der Waals surface area contributed by atoms with Gasteiger partial charge in [0.15, 0.2) is 0 Å². The summed E-state index contributed by atoms with van der Waals surface area (Å²) in [5.41, 5.74) is 4.71. The second-order valence-corrected chi connectivity index (χ2v) is 7.24. The van der Waals surface area contributed by atoms with Crippen molar-refractivity contribution in [3.8, 4) is 5.75 Å². The van der Waals surface area contributed by atoms with E-state index in [0.29, 0.717) is 26.4 Å². The number of carbonyl (C=O) groups excluding carboxylic acids is 1. The van der Waals surface area contributed by atoms with E-state index in [-0.39, 0.29) is 5.91 Å². The van der Waals surface area contributed by atoms with Crippen LogP contribution in [0.2, 0.25) is 0 Å². The van der Waals surface area contributed by atoms with Gasteiger partial charge in [-0.05, 0) is 38.0 Å². The van der Waals surface area contributed by atoms with E-state index in [1.165, 1.54) is 0 Å². The number of fused-ring (bicyclic) bond motifs is 2. The Morgan fingerprint density at radius 2 is 1.96 bits per heavy atom. The molecule has 1 spiro atoms. The number of benzene rings is 2. The lowest BCUT2D eigenvalue weighted by molar-refractivity contribution is -0.256. The summed E-state index contributed by atoms with van der Waals surface area (Å²) < 4.78 is 17.7. The summed E-state index contributed by atoms with van der Waals surface area (Å²) >= 11 is 0. The summed E-state index contributed by atoms with van der Waals surface area (Å²) in [4.78, 5) is 15.3. The molecule has 2 heterocycles. The Bertz CT molecular complexity index is 915. The van der Waals surface area contributed by atoms with Crippen molar-refractivity contribution >= 4 is 11.6 Å². The molecule has 28 heavy (non-hydrogen) atoms. The molecule has 0 aliphatic carbocycles. The Morgan fingerprint density at radius 3 is 2.71 bits per heavy atom. The summed E-state index contributed by atoms with van der Waals surface area (Å²) in [5, 5.41) is 0. The predicted octanol–water partition coefficient (Wildman–Crippen LogP) is 4.00. The minimum absolute atomic E-state index is 0.172. The highest BCUT2D eigenvalue weighted by atomic mass is 16.7. The van der Waals surface area contributed by atoms with Gasteiger partial charge in [0.05, 0.1) is 25.4 Å². The van der Waals surface area contributed by atoms with E-state index in [2.05, 4.69) is 12.6 Å². The van der Waals surface area contributed by atoms with Crippen LogP contribution in [0.3, 0.4) is 0 Å². The largest absolute Gasteiger partial charge is 0.489 e. The van der Waals surface area contributed by atoms with Crippen LogP contribution in [0.25, 0.3) is 0 Å². The molecule has 5 heteroatoms. The van der Waals surface area contributed by atoms with E-state index in [4.69, 9.17) is 14.2 Å². The lowest BCUT2D eigenvalue weighted by Crippen LogP contribution is -2.47. The number of ether oxygens (including phenoxy) is 3. The van der Waals surface area contributed by atoms with Gasteiger partial charge in [-0.25, -0.2) is 0 Å². The van der Waals surface area contributed by atoms with E-state index in [0.717, 1.165) is 40.1 Å².